The Kier molecular flexibility index (Phi) is 7.21. The molecule has 0 aliphatic heterocycles. The van der Waals surface area contributed by atoms with Gasteiger partial charge in [-0.3, -0.25) is 4.40 Å². The predicted molar refractivity (Wildman–Crippen MR) is 128 cm³/mol. The van der Waals surface area contributed by atoms with Crippen molar-refractivity contribution in [2.45, 2.75) is 6.42 Å². The number of benzene rings is 2. The summed E-state index contributed by atoms with van der Waals surface area (Å²) >= 11 is 1.54. The van der Waals surface area contributed by atoms with Gasteiger partial charge in [-0.2, -0.15) is 0 Å². The number of nitrogens with zero attached hydrogens (tertiary/aromatic N) is 3. The largest absolute Gasteiger partial charge is 0.495 e. The van der Waals surface area contributed by atoms with Crippen LogP contribution < -0.4 is 10.1 Å². The van der Waals surface area contributed by atoms with Crippen LogP contribution in [0, 0.1) is 5.82 Å². The minimum atomic E-state index is -0.275. The van der Waals surface area contributed by atoms with Gasteiger partial charge in [-0.1, -0.05) is 12.1 Å². The predicted octanol–water partition coefficient (Wildman–Crippen LogP) is 4.93. The molecule has 0 unspecified atom stereocenters. The Morgan fingerprint density at radius 3 is 2.70 bits per heavy atom. The highest BCUT2D eigenvalue weighted by atomic mass is 32.1. The number of ether oxygens (including phenoxy) is 2. The van der Waals surface area contributed by atoms with Crippen LogP contribution in [0.15, 0.2) is 60.1 Å². The number of anilines is 1. The fourth-order valence-corrected chi connectivity index (χ4v) is 4.38. The Morgan fingerprint density at radius 1 is 1.15 bits per heavy atom. The fourth-order valence-electron chi connectivity index (χ4n) is 3.48. The number of rotatable bonds is 9. The van der Waals surface area contributed by atoms with E-state index >= 15 is 0 Å². The number of fused-ring (bicyclic) bond motifs is 1. The summed E-state index contributed by atoms with van der Waals surface area (Å²) in [7, 11) is 3.18. The number of nitrogens with one attached hydrogen (secondary N) is 1. The number of carbonyl (C=O) groups excluding carboxylic acids is 1. The Labute approximate surface area is 195 Å². The van der Waals surface area contributed by atoms with Crippen molar-refractivity contribution in [2.75, 3.05) is 39.2 Å². The van der Waals surface area contributed by atoms with Gasteiger partial charge in [-0.05, 0) is 36.4 Å². The van der Waals surface area contributed by atoms with Crippen molar-refractivity contribution in [3.63, 3.8) is 0 Å². The summed E-state index contributed by atoms with van der Waals surface area (Å²) in [4.78, 5) is 20.2. The number of amides is 2. The molecule has 0 aliphatic carbocycles. The summed E-state index contributed by atoms with van der Waals surface area (Å²) < 4.78 is 25.8. The van der Waals surface area contributed by atoms with E-state index in [1.54, 1.807) is 43.4 Å². The van der Waals surface area contributed by atoms with Crippen molar-refractivity contribution < 1.29 is 18.7 Å². The van der Waals surface area contributed by atoms with Crippen LogP contribution in [0.25, 0.3) is 16.2 Å². The fraction of sp³-hybridized carbons (Fsp3) is 0.250. The van der Waals surface area contributed by atoms with Gasteiger partial charge in [0.1, 0.15) is 11.6 Å². The molecule has 1 N–H and O–H groups in total. The minimum absolute atomic E-state index is 0.222. The quantitative estimate of drug-likeness (QED) is 0.378. The number of hydrogen-bond acceptors (Lipinski definition) is 5. The number of thiazole rings is 1. The van der Waals surface area contributed by atoms with E-state index in [0.717, 1.165) is 21.9 Å². The lowest BCUT2D eigenvalue weighted by atomic mass is 10.2. The van der Waals surface area contributed by atoms with Crippen LogP contribution in [0.1, 0.15) is 5.69 Å². The maximum atomic E-state index is 13.2. The summed E-state index contributed by atoms with van der Waals surface area (Å²) in [5.41, 5.74) is 3.30. The van der Waals surface area contributed by atoms with Gasteiger partial charge in [-0.15, -0.1) is 11.3 Å². The average molecular weight is 469 g/mol. The smallest absolute Gasteiger partial charge is 0.322 e. The van der Waals surface area contributed by atoms with Crippen LogP contribution in [-0.2, 0) is 11.2 Å². The zero-order chi connectivity index (χ0) is 23.2. The summed E-state index contributed by atoms with van der Waals surface area (Å²) in [6.45, 7) is 1.38. The molecule has 2 heterocycles. The Hall–Kier alpha value is -3.43. The van der Waals surface area contributed by atoms with Crippen molar-refractivity contribution in [2.24, 2.45) is 0 Å². The second-order valence-corrected chi connectivity index (χ2v) is 8.21. The zero-order valence-electron chi connectivity index (χ0n) is 18.5. The molecule has 4 aromatic rings. The van der Waals surface area contributed by atoms with Crippen molar-refractivity contribution in [3.05, 3.63) is 71.6 Å². The van der Waals surface area contributed by atoms with Crippen LogP contribution in [0.4, 0.5) is 14.9 Å². The first kappa shape index (κ1) is 22.8. The molecule has 0 atom stereocenters. The van der Waals surface area contributed by atoms with E-state index in [-0.39, 0.29) is 11.8 Å². The topological polar surface area (TPSA) is 68.1 Å². The highest BCUT2D eigenvalue weighted by Crippen LogP contribution is 2.25. The lowest BCUT2D eigenvalue weighted by Gasteiger charge is -2.23. The lowest BCUT2D eigenvalue weighted by molar-refractivity contribution is 0.155. The van der Waals surface area contributed by atoms with E-state index in [4.69, 9.17) is 9.47 Å². The average Bonchev–Trinajstić information content (AvgIpc) is 3.41. The van der Waals surface area contributed by atoms with E-state index in [0.29, 0.717) is 37.6 Å². The lowest BCUT2D eigenvalue weighted by Crippen LogP contribution is -2.38. The maximum Gasteiger partial charge on any atom is 0.322 e. The molecule has 0 fully saturated rings. The Bertz CT molecular complexity index is 1220. The summed E-state index contributed by atoms with van der Waals surface area (Å²) in [6.07, 6.45) is 2.59. The van der Waals surface area contributed by atoms with E-state index in [9.17, 15) is 9.18 Å². The van der Waals surface area contributed by atoms with E-state index < -0.39 is 0 Å². The van der Waals surface area contributed by atoms with E-state index in [1.165, 1.54) is 23.5 Å². The molecule has 0 saturated carbocycles. The third-order valence-corrected chi connectivity index (χ3v) is 6.15. The first-order chi connectivity index (χ1) is 16.1. The normalized spacial score (nSPS) is 11.0. The molecular formula is C24H25FN4O3S. The van der Waals surface area contributed by atoms with Gasteiger partial charge in [-0.25, -0.2) is 14.2 Å². The van der Waals surface area contributed by atoms with Crippen LogP contribution in [-0.4, -0.2) is 54.2 Å². The van der Waals surface area contributed by atoms with E-state index in [1.807, 2.05) is 28.1 Å². The number of aromatic nitrogens is 2. The molecular weight excluding hydrogens is 443 g/mol. The number of para-hydroxylation sites is 2. The number of imidazole rings is 1. The molecule has 2 aromatic heterocycles. The molecule has 33 heavy (non-hydrogen) atoms. The standard InChI is InChI=1S/C24H25FN4O3S/c1-31-14-13-28(23(30)26-20-5-3-4-6-22(20)32-2)12-11-19-16-33-24-27-21(15-29(19)24)17-7-9-18(25)10-8-17/h3-10,15-16H,11-14H2,1-2H3,(H,26,30). The number of methoxy groups -OCH3 is 2. The molecule has 0 aliphatic rings. The number of hydrogen-bond donors (Lipinski definition) is 1. The van der Waals surface area contributed by atoms with Gasteiger partial charge in [0.2, 0.25) is 0 Å². The van der Waals surface area contributed by atoms with Crippen LogP contribution in [0.2, 0.25) is 0 Å². The van der Waals surface area contributed by atoms with Gasteiger partial charge in [0, 0.05) is 49.5 Å². The first-order valence-electron chi connectivity index (χ1n) is 10.5. The zero-order valence-corrected chi connectivity index (χ0v) is 19.3. The number of carbonyl (C=O) groups is 1. The Balaban J connectivity index is 1.48. The number of urea groups is 1. The van der Waals surface area contributed by atoms with E-state index in [2.05, 4.69) is 10.3 Å². The van der Waals surface area contributed by atoms with Crippen molar-refractivity contribution >= 4 is 28.0 Å². The molecule has 2 amide bonds. The van der Waals surface area contributed by atoms with Gasteiger partial charge in [0.25, 0.3) is 0 Å². The van der Waals surface area contributed by atoms with Gasteiger partial charge in [0.15, 0.2) is 4.96 Å². The third-order valence-electron chi connectivity index (χ3n) is 5.26. The monoisotopic (exact) mass is 468 g/mol. The molecule has 0 saturated heterocycles. The molecule has 2 aromatic carbocycles. The Morgan fingerprint density at radius 2 is 1.94 bits per heavy atom. The minimum Gasteiger partial charge on any atom is -0.495 e. The second kappa shape index (κ2) is 10.5. The van der Waals surface area contributed by atoms with Gasteiger partial charge in [0.05, 0.1) is 25.1 Å². The third kappa shape index (κ3) is 5.32. The molecule has 0 spiro atoms. The van der Waals surface area contributed by atoms with Crippen LogP contribution in [0.3, 0.4) is 0 Å². The van der Waals surface area contributed by atoms with Crippen LogP contribution in [0.5, 0.6) is 5.75 Å². The van der Waals surface area contributed by atoms with Gasteiger partial charge < -0.3 is 19.7 Å². The summed E-state index contributed by atoms with van der Waals surface area (Å²) in [6, 6.07) is 13.4. The van der Waals surface area contributed by atoms with Crippen molar-refractivity contribution in [1.82, 2.24) is 14.3 Å². The molecule has 172 valence electrons. The SMILES string of the molecule is COCCN(CCc1csc2nc(-c3ccc(F)cc3)cn12)C(=O)Nc1ccccc1OC. The summed E-state index contributed by atoms with van der Waals surface area (Å²) in [5, 5.41) is 4.97. The van der Waals surface area contributed by atoms with Crippen LogP contribution >= 0.6 is 11.3 Å². The second-order valence-electron chi connectivity index (χ2n) is 7.37. The molecule has 7 nitrogen and oxygen atoms in total. The van der Waals surface area contributed by atoms with Crippen molar-refractivity contribution in [1.29, 1.82) is 0 Å². The molecule has 0 bridgehead atoms. The van der Waals surface area contributed by atoms with Gasteiger partial charge >= 0.3 is 6.03 Å². The highest BCUT2D eigenvalue weighted by molar-refractivity contribution is 7.15. The number of halogens is 1. The molecule has 0 radical (unpaired) electrons. The summed E-state index contributed by atoms with van der Waals surface area (Å²) in [5.74, 6) is 0.326. The molecule has 4 rings (SSSR count). The highest BCUT2D eigenvalue weighted by Gasteiger charge is 2.17. The van der Waals surface area contributed by atoms with Crippen molar-refractivity contribution in [3.8, 4) is 17.0 Å². The first-order valence-corrected chi connectivity index (χ1v) is 11.4. The molecule has 9 heteroatoms. The maximum absolute atomic E-state index is 13.2.